The molecular weight excluding hydrogens is 420 g/mol. The fourth-order valence-electron chi connectivity index (χ4n) is 3.43. The summed E-state index contributed by atoms with van der Waals surface area (Å²) in [5, 5.41) is 3.55. The lowest BCUT2D eigenvalue weighted by atomic mass is 10.2. The molecule has 4 rings (SSSR count). The molecule has 0 aliphatic carbocycles. The molecule has 31 heavy (non-hydrogen) atoms. The van der Waals surface area contributed by atoms with E-state index in [0.29, 0.717) is 49.9 Å². The van der Waals surface area contributed by atoms with Crippen molar-refractivity contribution in [3.05, 3.63) is 59.1 Å². The molecule has 9 nitrogen and oxygen atoms in total. The van der Waals surface area contributed by atoms with Crippen LogP contribution in [0.5, 0.6) is 0 Å². The summed E-state index contributed by atoms with van der Waals surface area (Å²) in [6, 6.07) is 7.00. The molecule has 0 spiro atoms. The number of fused-ring (bicyclic) bond motifs is 1. The Morgan fingerprint density at radius 3 is 2.65 bits per heavy atom. The predicted octanol–water partition coefficient (Wildman–Crippen LogP) is 2.59. The fraction of sp³-hybridized carbons (Fsp3) is 0.333. The number of imidazole rings is 1. The Hall–Kier alpha value is -3.33. The van der Waals surface area contributed by atoms with Crippen molar-refractivity contribution in [1.29, 1.82) is 0 Å². The van der Waals surface area contributed by atoms with Gasteiger partial charge in [-0.15, -0.1) is 0 Å². The van der Waals surface area contributed by atoms with Crippen LogP contribution in [0.1, 0.15) is 23.0 Å². The van der Waals surface area contributed by atoms with Crippen LogP contribution in [-0.2, 0) is 11.3 Å². The SMILES string of the molecule is CCOC(=O)c1ccc(N2CCN(C(=O)NCc3cn4cc(Cl)ccc4n3)CC2)nc1. The molecule has 1 aliphatic rings. The second-order valence-corrected chi connectivity index (χ2v) is 7.54. The molecule has 0 saturated carbocycles. The molecule has 3 aromatic rings. The third-order valence-electron chi connectivity index (χ3n) is 5.04. The number of aromatic nitrogens is 3. The Kier molecular flexibility index (Phi) is 6.22. The third-order valence-corrected chi connectivity index (χ3v) is 5.26. The van der Waals surface area contributed by atoms with E-state index in [2.05, 4.69) is 20.2 Å². The van der Waals surface area contributed by atoms with Gasteiger partial charge >= 0.3 is 12.0 Å². The average Bonchev–Trinajstić information content (AvgIpc) is 3.20. The molecule has 1 aliphatic heterocycles. The van der Waals surface area contributed by atoms with Crippen molar-refractivity contribution in [2.75, 3.05) is 37.7 Å². The Balaban J connectivity index is 1.27. The first-order chi connectivity index (χ1) is 15.0. The number of carbonyl (C=O) groups excluding carboxylic acids is 2. The molecule has 10 heteroatoms. The maximum Gasteiger partial charge on any atom is 0.339 e. The van der Waals surface area contributed by atoms with Gasteiger partial charge in [0.2, 0.25) is 0 Å². The lowest BCUT2D eigenvalue weighted by Gasteiger charge is -2.35. The van der Waals surface area contributed by atoms with Crippen molar-refractivity contribution in [2.24, 2.45) is 0 Å². The Labute approximate surface area is 184 Å². The number of nitrogens with zero attached hydrogens (tertiary/aromatic N) is 5. The van der Waals surface area contributed by atoms with Crippen LogP contribution in [0.15, 0.2) is 42.9 Å². The first-order valence-corrected chi connectivity index (χ1v) is 10.5. The molecule has 162 valence electrons. The highest BCUT2D eigenvalue weighted by Crippen LogP contribution is 2.15. The largest absolute Gasteiger partial charge is 0.462 e. The van der Waals surface area contributed by atoms with Crippen molar-refractivity contribution in [1.82, 2.24) is 24.6 Å². The highest BCUT2D eigenvalue weighted by Gasteiger charge is 2.22. The molecule has 1 N–H and O–H groups in total. The van der Waals surface area contributed by atoms with Gasteiger partial charge in [-0.2, -0.15) is 0 Å². The molecule has 0 radical (unpaired) electrons. The summed E-state index contributed by atoms with van der Waals surface area (Å²) in [5.41, 5.74) is 1.97. The summed E-state index contributed by atoms with van der Waals surface area (Å²) in [6.07, 6.45) is 5.15. The number of amides is 2. The normalized spacial score (nSPS) is 14.0. The minimum atomic E-state index is -0.378. The van der Waals surface area contributed by atoms with Crippen LogP contribution >= 0.6 is 11.6 Å². The van der Waals surface area contributed by atoms with Crippen LogP contribution in [-0.4, -0.2) is 64.1 Å². The number of pyridine rings is 2. The standard InChI is InChI=1S/C21H23ClN6O3/c1-2-31-20(29)15-3-5-18(23-11-15)26-7-9-27(10-8-26)21(30)24-12-17-14-28-13-16(22)4-6-19(28)25-17/h3-6,11,13-14H,2,7-10,12H2,1H3,(H,24,30). The van der Waals surface area contributed by atoms with Gasteiger partial charge in [0.15, 0.2) is 0 Å². The van der Waals surface area contributed by atoms with E-state index in [-0.39, 0.29) is 12.0 Å². The van der Waals surface area contributed by atoms with E-state index in [1.807, 2.05) is 16.7 Å². The van der Waals surface area contributed by atoms with E-state index in [4.69, 9.17) is 16.3 Å². The molecule has 1 saturated heterocycles. The maximum atomic E-state index is 12.5. The van der Waals surface area contributed by atoms with Crippen molar-refractivity contribution >= 4 is 35.1 Å². The highest BCUT2D eigenvalue weighted by molar-refractivity contribution is 6.30. The monoisotopic (exact) mass is 442 g/mol. The van der Waals surface area contributed by atoms with Crippen molar-refractivity contribution in [3.63, 3.8) is 0 Å². The van der Waals surface area contributed by atoms with Gasteiger partial charge in [-0.3, -0.25) is 0 Å². The van der Waals surface area contributed by atoms with Crippen LogP contribution in [0.4, 0.5) is 10.6 Å². The van der Waals surface area contributed by atoms with Gasteiger partial charge in [0.1, 0.15) is 11.5 Å². The number of carbonyl (C=O) groups is 2. The van der Waals surface area contributed by atoms with Crippen LogP contribution in [0.2, 0.25) is 5.02 Å². The molecule has 3 aromatic heterocycles. The van der Waals surface area contributed by atoms with Gasteiger partial charge in [0, 0.05) is 44.8 Å². The Morgan fingerprint density at radius 2 is 1.94 bits per heavy atom. The number of rotatable bonds is 5. The number of urea groups is 1. The number of esters is 1. The van der Waals surface area contributed by atoms with Gasteiger partial charge in [-0.25, -0.2) is 19.6 Å². The summed E-state index contributed by atoms with van der Waals surface area (Å²) < 4.78 is 6.81. The number of nitrogens with one attached hydrogen (secondary N) is 1. The predicted molar refractivity (Wildman–Crippen MR) is 116 cm³/mol. The Morgan fingerprint density at radius 1 is 1.13 bits per heavy atom. The van der Waals surface area contributed by atoms with Gasteiger partial charge < -0.3 is 24.3 Å². The molecule has 0 aromatic carbocycles. The van der Waals surface area contributed by atoms with E-state index in [0.717, 1.165) is 17.2 Å². The third kappa shape index (κ3) is 4.88. The van der Waals surface area contributed by atoms with E-state index in [1.54, 1.807) is 36.2 Å². The van der Waals surface area contributed by atoms with Crippen molar-refractivity contribution in [2.45, 2.75) is 13.5 Å². The second kappa shape index (κ2) is 9.22. The van der Waals surface area contributed by atoms with Crippen molar-refractivity contribution in [3.8, 4) is 0 Å². The maximum absolute atomic E-state index is 12.5. The number of piperazine rings is 1. The summed E-state index contributed by atoms with van der Waals surface area (Å²) in [5.74, 6) is 0.396. The number of halogens is 1. The van der Waals surface area contributed by atoms with Gasteiger partial charge in [-0.05, 0) is 31.2 Å². The lowest BCUT2D eigenvalue weighted by Crippen LogP contribution is -2.51. The summed E-state index contributed by atoms with van der Waals surface area (Å²) >= 11 is 5.99. The highest BCUT2D eigenvalue weighted by atomic mass is 35.5. The summed E-state index contributed by atoms with van der Waals surface area (Å²) in [7, 11) is 0. The number of ether oxygens (including phenoxy) is 1. The fourth-order valence-corrected chi connectivity index (χ4v) is 3.60. The molecule has 2 amide bonds. The van der Waals surface area contributed by atoms with Crippen LogP contribution in [0.25, 0.3) is 5.65 Å². The minimum absolute atomic E-state index is 0.125. The van der Waals surface area contributed by atoms with Crippen LogP contribution in [0.3, 0.4) is 0 Å². The molecular formula is C21H23ClN6O3. The molecule has 0 atom stereocenters. The first-order valence-electron chi connectivity index (χ1n) is 10.1. The number of anilines is 1. The van der Waals surface area contributed by atoms with Gasteiger partial charge in [-0.1, -0.05) is 11.6 Å². The molecule has 1 fully saturated rings. The van der Waals surface area contributed by atoms with Gasteiger partial charge in [0.05, 0.1) is 29.4 Å². The minimum Gasteiger partial charge on any atom is -0.462 e. The Bertz CT molecular complexity index is 1080. The molecule has 4 heterocycles. The van der Waals surface area contributed by atoms with E-state index >= 15 is 0 Å². The zero-order valence-corrected chi connectivity index (χ0v) is 17.9. The first kappa shape index (κ1) is 20.9. The quantitative estimate of drug-likeness (QED) is 0.610. The smallest absolute Gasteiger partial charge is 0.339 e. The second-order valence-electron chi connectivity index (χ2n) is 7.10. The lowest BCUT2D eigenvalue weighted by molar-refractivity contribution is 0.0526. The zero-order valence-electron chi connectivity index (χ0n) is 17.1. The van der Waals surface area contributed by atoms with E-state index < -0.39 is 0 Å². The van der Waals surface area contributed by atoms with Crippen LogP contribution in [0, 0.1) is 0 Å². The zero-order chi connectivity index (χ0) is 21.8. The summed E-state index contributed by atoms with van der Waals surface area (Å²) in [6.45, 7) is 4.91. The molecule has 0 unspecified atom stereocenters. The number of hydrogen-bond donors (Lipinski definition) is 1. The molecule has 0 bridgehead atoms. The summed E-state index contributed by atoms with van der Waals surface area (Å²) in [4.78, 5) is 37.0. The van der Waals surface area contributed by atoms with Crippen LogP contribution < -0.4 is 10.2 Å². The topological polar surface area (TPSA) is 92.1 Å². The number of hydrogen-bond acceptors (Lipinski definition) is 6. The van der Waals surface area contributed by atoms with Gasteiger partial charge in [0.25, 0.3) is 0 Å². The van der Waals surface area contributed by atoms with E-state index in [1.165, 1.54) is 6.20 Å². The average molecular weight is 443 g/mol. The van der Waals surface area contributed by atoms with E-state index in [9.17, 15) is 9.59 Å². The van der Waals surface area contributed by atoms with Crippen molar-refractivity contribution < 1.29 is 14.3 Å².